The Labute approximate surface area is 367 Å². The second kappa shape index (κ2) is 27.1. The number of benzene rings is 4. The molecule has 0 radical (unpaired) electrons. The molecule has 5 rings (SSSR count). The molecule has 0 spiro atoms. The lowest BCUT2D eigenvalue weighted by molar-refractivity contribution is -0.535. The average Bonchev–Trinajstić information content (AvgIpc) is 3.27. The number of fused-ring (bicyclic) bond motifs is 2. The molecule has 1 aliphatic carbocycles. The number of anilines is 2. The second-order valence-corrected chi connectivity index (χ2v) is 18.5. The van der Waals surface area contributed by atoms with Crippen molar-refractivity contribution in [2.24, 2.45) is 0 Å². The van der Waals surface area contributed by atoms with Crippen LogP contribution >= 0.6 is 0 Å². The Morgan fingerprint density at radius 1 is 0.333 bits per heavy atom. The molecular formula is C56H84N2O2-2. The van der Waals surface area contributed by atoms with Crippen LogP contribution in [0.5, 0.6) is 0 Å². The molecule has 1 aliphatic rings. The van der Waals surface area contributed by atoms with Crippen LogP contribution in [0.3, 0.4) is 0 Å². The summed E-state index contributed by atoms with van der Waals surface area (Å²) in [5.41, 5.74) is 4.44. The van der Waals surface area contributed by atoms with Crippen LogP contribution in [0.15, 0.2) is 72.8 Å². The monoisotopic (exact) mass is 817 g/mol. The van der Waals surface area contributed by atoms with E-state index in [0.717, 1.165) is 48.1 Å². The lowest BCUT2D eigenvalue weighted by Crippen LogP contribution is -2.63. The van der Waals surface area contributed by atoms with Crippen molar-refractivity contribution in [1.82, 2.24) is 0 Å². The highest BCUT2D eigenvalue weighted by Crippen LogP contribution is 2.50. The standard InChI is InChI=1S/C56H84N2O2/c1-5-9-13-17-21-29-41-57(42-30-22-18-14-10-6-2)51-39-37-49(45-33-25-27-35-47(45)51)53-55(59)54(56(53)60)50-38-40-52(48-36-28-26-34-46(48)50)58(43-31-23-19-15-11-7-3)44-32-24-20-16-12-8-4/h25-28,33-40,53-56H,5-24,29-32,41-44H2,1-4H3/q-2. The van der Waals surface area contributed by atoms with Crippen LogP contribution < -0.4 is 20.0 Å². The van der Waals surface area contributed by atoms with Crippen LogP contribution in [0.2, 0.25) is 0 Å². The van der Waals surface area contributed by atoms with Gasteiger partial charge in [-0.15, -0.1) is 12.2 Å². The van der Waals surface area contributed by atoms with Crippen molar-refractivity contribution in [1.29, 1.82) is 0 Å². The lowest BCUT2D eigenvalue weighted by atomic mass is 9.62. The van der Waals surface area contributed by atoms with E-state index in [1.165, 1.54) is 176 Å². The van der Waals surface area contributed by atoms with Crippen LogP contribution in [0.25, 0.3) is 21.5 Å². The van der Waals surface area contributed by atoms with E-state index in [0.29, 0.717) is 0 Å². The average molecular weight is 817 g/mol. The van der Waals surface area contributed by atoms with Crippen molar-refractivity contribution in [3.8, 4) is 0 Å². The molecule has 4 aromatic rings. The summed E-state index contributed by atoms with van der Waals surface area (Å²) in [6, 6.07) is 26.1. The Morgan fingerprint density at radius 2 is 0.600 bits per heavy atom. The zero-order valence-corrected chi connectivity index (χ0v) is 38.7. The number of hydrogen-bond donors (Lipinski definition) is 0. The van der Waals surface area contributed by atoms with Gasteiger partial charge in [0, 0.05) is 48.3 Å². The van der Waals surface area contributed by atoms with Gasteiger partial charge in [-0.1, -0.05) is 217 Å². The molecule has 0 unspecified atom stereocenters. The number of nitrogens with zero attached hydrogens (tertiary/aromatic N) is 2. The van der Waals surface area contributed by atoms with Gasteiger partial charge in [0.2, 0.25) is 0 Å². The molecule has 0 aromatic heterocycles. The Morgan fingerprint density at radius 3 is 0.900 bits per heavy atom. The van der Waals surface area contributed by atoms with E-state index in [1.807, 2.05) is 0 Å². The minimum atomic E-state index is -0.972. The fourth-order valence-corrected chi connectivity index (χ4v) is 10.2. The normalized spacial score (nSPS) is 17.7. The summed E-state index contributed by atoms with van der Waals surface area (Å²) in [5, 5.41) is 33.7. The van der Waals surface area contributed by atoms with E-state index in [4.69, 9.17) is 0 Å². The SMILES string of the molecule is CCCCCCCCN(CCCCCCCC)c1ccc(C2C([O-])C(c3ccc(N(CCCCCCCC)CCCCCCCC)c4ccccc34)C2[O-])c2ccccc12. The molecule has 0 bridgehead atoms. The van der Waals surface area contributed by atoms with Crippen LogP contribution in [0.4, 0.5) is 11.4 Å². The minimum absolute atomic E-state index is 0.546. The molecule has 0 aliphatic heterocycles. The fourth-order valence-electron chi connectivity index (χ4n) is 10.2. The van der Waals surface area contributed by atoms with Gasteiger partial charge in [-0.05, 0) is 71.6 Å². The summed E-state index contributed by atoms with van der Waals surface area (Å²) < 4.78 is 0. The molecule has 4 aromatic carbocycles. The Hall–Kier alpha value is -3.08. The molecule has 0 N–H and O–H groups in total. The third-order valence-corrected chi connectivity index (χ3v) is 13.8. The van der Waals surface area contributed by atoms with E-state index in [-0.39, 0.29) is 0 Å². The van der Waals surface area contributed by atoms with Crippen molar-refractivity contribution >= 4 is 32.9 Å². The molecule has 4 nitrogen and oxygen atoms in total. The summed E-state index contributed by atoms with van der Waals surface area (Å²) in [5.74, 6) is -1.09. The molecule has 1 fully saturated rings. The van der Waals surface area contributed by atoms with Crippen LogP contribution in [0.1, 0.15) is 205 Å². The van der Waals surface area contributed by atoms with E-state index < -0.39 is 24.0 Å². The second-order valence-electron chi connectivity index (χ2n) is 18.5. The smallest absolute Gasteiger partial charge is 0.0446 e. The van der Waals surface area contributed by atoms with Crippen LogP contribution in [0, 0.1) is 0 Å². The Bertz CT molecular complexity index is 1600. The Kier molecular flexibility index (Phi) is 21.6. The molecule has 0 saturated heterocycles. The predicted octanol–water partition coefficient (Wildman–Crippen LogP) is 14.4. The molecule has 332 valence electrons. The van der Waals surface area contributed by atoms with Crippen molar-refractivity contribution in [3.05, 3.63) is 83.9 Å². The minimum Gasteiger partial charge on any atom is -0.851 e. The maximum absolute atomic E-state index is 14.6. The van der Waals surface area contributed by atoms with E-state index in [2.05, 4.69) is 110 Å². The van der Waals surface area contributed by atoms with Gasteiger partial charge in [0.1, 0.15) is 0 Å². The summed E-state index contributed by atoms with van der Waals surface area (Å²) in [6.07, 6.45) is 28.9. The molecule has 60 heavy (non-hydrogen) atoms. The summed E-state index contributed by atoms with van der Waals surface area (Å²) in [6.45, 7) is 13.4. The summed E-state index contributed by atoms with van der Waals surface area (Å²) >= 11 is 0. The maximum Gasteiger partial charge on any atom is 0.0446 e. The van der Waals surface area contributed by atoms with E-state index in [9.17, 15) is 10.2 Å². The largest absolute Gasteiger partial charge is 0.851 e. The molecule has 0 amide bonds. The van der Waals surface area contributed by atoms with E-state index >= 15 is 0 Å². The van der Waals surface area contributed by atoms with Crippen LogP contribution in [-0.2, 0) is 0 Å². The highest BCUT2D eigenvalue weighted by Gasteiger charge is 2.40. The van der Waals surface area contributed by atoms with Crippen molar-refractivity contribution in [2.45, 2.75) is 206 Å². The Balaban J connectivity index is 1.36. The van der Waals surface area contributed by atoms with Gasteiger partial charge in [-0.3, -0.25) is 0 Å². The van der Waals surface area contributed by atoms with Crippen molar-refractivity contribution in [2.75, 3.05) is 36.0 Å². The molecular weight excluding hydrogens is 733 g/mol. The third kappa shape index (κ3) is 13.5. The van der Waals surface area contributed by atoms with Gasteiger partial charge in [0.15, 0.2) is 0 Å². The first-order valence-electron chi connectivity index (χ1n) is 25.4. The first kappa shape index (κ1) is 48.0. The molecule has 4 heteroatoms. The molecule has 0 heterocycles. The highest BCUT2D eigenvalue weighted by atomic mass is 16.3. The van der Waals surface area contributed by atoms with Gasteiger partial charge in [0.05, 0.1) is 0 Å². The fraction of sp³-hybridized carbons (Fsp3) is 0.643. The maximum atomic E-state index is 14.6. The summed E-state index contributed by atoms with van der Waals surface area (Å²) in [7, 11) is 0. The number of unbranched alkanes of at least 4 members (excludes halogenated alkanes) is 20. The third-order valence-electron chi connectivity index (χ3n) is 13.8. The molecule has 0 atom stereocenters. The van der Waals surface area contributed by atoms with Gasteiger partial charge >= 0.3 is 0 Å². The van der Waals surface area contributed by atoms with Gasteiger partial charge < -0.3 is 20.0 Å². The predicted molar refractivity (Wildman–Crippen MR) is 259 cm³/mol. The first-order valence-corrected chi connectivity index (χ1v) is 25.4. The lowest BCUT2D eigenvalue weighted by Gasteiger charge is -2.62. The zero-order chi connectivity index (χ0) is 42.4. The van der Waals surface area contributed by atoms with Crippen LogP contribution in [-0.4, -0.2) is 38.4 Å². The van der Waals surface area contributed by atoms with Crippen molar-refractivity contribution in [3.63, 3.8) is 0 Å². The highest BCUT2D eigenvalue weighted by molar-refractivity contribution is 5.98. The van der Waals surface area contributed by atoms with Gasteiger partial charge in [-0.2, -0.15) is 0 Å². The molecule has 1 saturated carbocycles. The first-order chi connectivity index (χ1) is 29.5. The van der Waals surface area contributed by atoms with Gasteiger partial charge in [-0.25, -0.2) is 0 Å². The van der Waals surface area contributed by atoms with Crippen molar-refractivity contribution < 1.29 is 10.2 Å². The summed E-state index contributed by atoms with van der Waals surface area (Å²) in [4.78, 5) is 5.24. The van der Waals surface area contributed by atoms with E-state index in [1.54, 1.807) is 0 Å². The quantitative estimate of drug-likeness (QED) is 0.0461. The number of rotatable bonds is 32. The van der Waals surface area contributed by atoms with Gasteiger partial charge in [0.25, 0.3) is 0 Å². The number of hydrogen-bond acceptors (Lipinski definition) is 4. The topological polar surface area (TPSA) is 52.6 Å². The zero-order valence-electron chi connectivity index (χ0n) is 38.7.